The SMILES string of the molecule is O=C(O)C(F)(F)c1nccn1C1CC1. The van der Waals surface area contributed by atoms with E-state index in [1.54, 1.807) is 0 Å². The van der Waals surface area contributed by atoms with E-state index in [1.165, 1.54) is 17.0 Å². The predicted molar refractivity (Wildman–Crippen MR) is 42.0 cm³/mol. The van der Waals surface area contributed by atoms with Gasteiger partial charge in [-0.1, -0.05) is 0 Å². The minimum atomic E-state index is -3.90. The lowest BCUT2D eigenvalue weighted by molar-refractivity contribution is -0.168. The number of rotatable bonds is 3. The quantitative estimate of drug-likeness (QED) is 0.805. The molecule has 2 rings (SSSR count). The van der Waals surface area contributed by atoms with Gasteiger partial charge >= 0.3 is 11.9 Å². The molecule has 14 heavy (non-hydrogen) atoms. The van der Waals surface area contributed by atoms with Crippen molar-refractivity contribution in [2.75, 3.05) is 0 Å². The molecule has 1 fully saturated rings. The van der Waals surface area contributed by atoms with Crippen LogP contribution < -0.4 is 0 Å². The number of carbonyl (C=O) groups is 1. The highest BCUT2D eigenvalue weighted by molar-refractivity contribution is 5.76. The van der Waals surface area contributed by atoms with Crippen LogP contribution in [0.25, 0.3) is 0 Å². The van der Waals surface area contributed by atoms with Gasteiger partial charge in [-0.15, -0.1) is 0 Å². The van der Waals surface area contributed by atoms with Gasteiger partial charge in [0.05, 0.1) is 0 Å². The van der Waals surface area contributed by atoms with Crippen molar-refractivity contribution in [2.24, 2.45) is 0 Å². The van der Waals surface area contributed by atoms with Crippen molar-refractivity contribution in [3.8, 4) is 0 Å². The zero-order chi connectivity index (χ0) is 10.3. The maximum atomic E-state index is 13.1. The van der Waals surface area contributed by atoms with E-state index in [-0.39, 0.29) is 6.04 Å². The fourth-order valence-corrected chi connectivity index (χ4v) is 1.30. The van der Waals surface area contributed by atoms with Crippen LogP contribution in [0.5, 0.6) is 0 Å². The molecule has 0 amide bonds. The summed E-state index contributed by atoms with van der Waals surface area (Å²) in [7, 11) is 0. The zero-order valence-corrected chi connectivity index (χ0v) is 7.15. The Morgan fingerprint density at radius 2 is 2.29 bits per heavy atom. The fraction of sp³-hybridized carbons (Fsp3) is 0.500. The van der Waals surface area contributed by atoms with Crippen molar-refractivity contribution >= 4 is 5.97 Å². The number of halogens is 2. The summed E-state index contributed by atoms with van der Waals surface area (Å²) in [4.78, 5) is 13.7. The van der Waals surface area contributed by atoms with E-state index in [0.717, 1.165) is 12.8 Å². The van der Waals surface area contributed by atoms with Gasteiger partial charge in [0.1, 0.15) is 0 Å². The normalized spacial score (nSPS) is 17.0. The van der Waals surface area contributed by atoms with Crippen molar-refractivity contribution in [1.82, 2.24) is 9.55 Å². The van der Waals surface area contributed by atoms with Gasteiger partial charge in [0.2, 0.25) is 0 Å². The van der Waals surface area contributed by atoms with Crippen molar-refractivity contribution in [3.63, 3.8) is 0 Å². The lowest BCUT2D eigenvalue weighted by Crippen LogP contribution is -2.29. The highest BCUT2D eigenvalue weighted by Gasteiger charge is 2.47. The smallest absolute Gasteiger partial charge is 0.399 e. The highest BCUT2D eigenvalue weighted by atomic mass is 19.3. The Bertz CT molecular complexity index is 371. The maximum Gasteiger partial charge on any atom is 0.399 e. The monoisotopic (exact) mass is 202 g/mol. The van der Waals surface area contributed by atoms with Gasteiger partial charge in [-0.05, 0) is 12.8 Å². The first-order chi connectivity index (χ1) is 6.53. The number of hydrogen-bond donors (Lipinski definition) is 1. The van der Waals surface area contributed by atoms with E-state index < -0.39 is 17.7 Å². The predicted octanol–water partition coefficient (Wildman–Crippen LogP) is 1.39. The number of carboxylic acid groups (broad SMARTS) is 1. The van der Waals surface area contributed by atoms with E-state index in [2.05, 4.69) is 4.98 Å². The molecule has 76 valence electrons. The third-order valence-electron chi connectivity index (χ3n) is 2.16. The van der Waals surface area contributed by atoms with E-state index in [9.17, 15) is 13.6 Å². The molecule has 1 aliphatic carbocycles. The highest BCUT2D eigenvalue weighted by Crippen LogP contribution is 2.39. The summed E-state index contributed by atoms with van der Waals surface area (Å²) in [5, 5.41) is 8.34. The molecule has 0 unspecified atom stereocenters. The summed E-state index contributed by atoms with van der Waals surface area (Å²) in [6, 6.07) is -0.00211. The van der Waals surface area contributed by atoms with Crippen LogP contribution in [0.3, 0.4) is 0 Å². The van der Waals surface area contributed by atoms with Crippen LogP contribution in [0.4, 0.5) is 8.78 Å². The second kappa shape index (κ2) is 2.76. The molecule has 0 atom stereocenters. The molecule has 6 heteroatoms. The largest absolute Gasteiger partial charge is 0.476 e. The van der Waals surface area contributed by atoms with Crippen LogP contribution in [0.2, 0.25) is 0 Å². The summed E-state index contributed by atoms with van der Waals surface area (Å²) in [6.07, 6.45) is 4.20. The lowest BCUT2D eigenvalue weighted by Gasteiger charge is -2.12. The standard InChI is InChI=1S/C8H8F2N2O2/c9-8(10,7(13)14)6-11-3-4-12(6)5-1-2-5/h3-5H,1-2H2,(H,13,14). The molecule has 1 N–H and O–H groups in total. The van der Waals surface area contributed by atoms with Crippen molar-refractivity contribution in [3.05, 3.63) is 18.2 Å². The molecule has 1 saturated carbocycles. The topological polar surface area (TPSA) is 55.1 Å². The molecule has 4 nitrogen and oxygen atoms in total. The Balaban J connectivity index is 2.39. The van der Waals surface area contributed by atoms with E-state index in [4.69, 9.17) is 5.11 Å². The first-order valence-electron chi connectivity index (χ1n) is 4.18. The molecular formula is C8H8F2N2O2. The molecule has 0 radical (unpaired) electrons. The van der Waals surface area contributed by atoms with Crippen molar-refractivity contribution < 1.29 is 18.7 Å². The van der Waals surface area contributed by atoms with Gasteiger partial charge in [0.25, 0.3) is 0 Å². The Labute approximate surface area is 78.2 Å². The number of nitrogens with zero attached hydrogens (tertiary/aromatic N) is 2. The molecule has 1 aliphatic rings. The zero-order valence-electron chi connectivity index (χ0n) is 7.15. The molecule has 1 aromatic heterocycles. The average molecular weight is 202 g/mol. The summed E-state index contributed by atoms with van der Waals surface area (Å²) in [6.45, 7) is 0. The van der Waals surface area contributed by atoms with Crippen LogP contribution in [-0.4, -0.2) is 20.6 Å². The Morgan fingerprint density at radius 3 is 2.79 bits per heavy atom. The first-order valence-corrected chi connectivity index (χ1v) is 4.18. The number of alkyl halides is 2. The number of aromatic nitrogens is 2. The maximum absolute atomic E-state index is 13.1. The van der Waals surface area contributed by atoms with Crippen LogP contribution >= 0.6 is 0 Å². The first kappa shape index (κ1) is 9.11. The number of imidazole rings is 1. The number of carboxylic acids is 1. The summed E-state index contributed by atoms with van der Waals surface area (Å²) in [5.41, 5.74) is 0. The molecule has 0 aliphatic heterocycles. The molecule has 1 heterocycles. The molecule has 0 spiro atoms. The summed E-state index contributed by atoms with van der Waals surface area (Å²) in [5.74, 6) is -6.73. The van der Waals surface area contributed by atoms with Gasteiger partial charge in [0.15, 0.2) is 5.82 Å². The van der Waals surface area contributed by atoms with Gasteiger partial charge in [0, 0.05) is 18.4 Å². The number of hydrogen-bond acceptors (Lipinski definition) is 2. The average Bonchev–Trinajstić information content (AvgIpc) is 2.83. The summed E-state index contributed by atoms with van der Waals surface area (Å²) < 4.78 is 27.4. The Hall–Kier alpha value is -1.46. The molecular weight excluding hydrogens is 194 g/mol. The minimum absolute atomic E-state index is 0.00211. The van der Waals surface area contributed by atoms with Gasteiger partial charge in [-0.3, -0.25) is 0 Å². The molecule has 0 aromatic carbocycles. The summed E-state index contributed by atoms with van der Waals surface area (Å²) >= 11 is 0. The second-order valence-electron chi connectivity index (χ2n) is 3.27. The van der Waals surface area contributed by atoms with Crippen molar-refractivity contribution in [2.45, 2.75) is 24.8 Å². The Morgan fingerprint density at radius 1 is 1.64 bits per heavy atom. The van der Waals surface area contributed by atoms with Crippen LogP contribution in [0.15, 0.2) is 12.4 Å². The third kappa shape index (κ3) is 1.26. The fourth-order valence-electron chi connectivity index (χ4n) is 1.30. The van der Waals surface area contributed by atoms with Gasteiger partial charge < -0.3 is 9.67 Å². The minimum Gasteiger partial charge on any atom is -0.476 e. The Kier molecular flexibility index (Phi) is 1.80. The van der Waals surface area contributed by atoms with E-state index in [0.29, 0.717) is 0 Å². The second-order valence-corrected chi connectivity index (χ2v) is 3.27. The molecule has 0 saturated heterocycles. The number of aliphatic carboxylic acids is 1. The van der Waals surface area contributed by atoms with Gasteiger partial charge in [-0.2, -0.15) is 8.78 Å². The van der Waals surface area contributed by atoms with Crippen LogP contribution in [-0.2, 0) is 10.7 Å². The third-order valence-corrected chi connectivity index (χ3v) is 2.16. The lowest BCUT2D eigenvalue weighted by atomic mass is 10.3. The van der Waals surface area contributed by atoms with E-state index >= 15 is 0 Å². The molecule has 1 aromatic rings. The van der Waals surface area contributed by atoms with Crippen molar-refractivity contribution in [1.29, 1.82) is 0 Å². The van der Waals surface area contributed by atoms with Crippen LogP contribution in [0.1, 0.15) is 24.7 Å². The van der Waals surface area contributed by atoms with Gasteiger partial charge in [-0.25, -0.2) is 9.78 Å². The van der Waals surface area contributed by atoms with Crippen LogP contribution in [0, 0.1) is 0 Å². The molecule has 0 bridgehead atoms. The van der Waals surface area contributed by atoms with E-state index in [1.807, 2.05) is 0 Å².